The van der Waals surface area contributed by atoms with E-state index in [1.807, 2.05) is 19.1 Å². The molecule has 0 aliphatic rings. The van der Waals surface area contributed by atoms with E-state index in [4.69, 9.17) is 4.98 Å². The number of hydrogen-bond donors (Lipinski definition) is 1. The van der Waals surface area contributed by atoms with Crippen molar-refractivity contribution in [3.8, 4) is 0 Å². The summed E-state index contributed by atoms with van der Waals surface area (Å²) in [5.74, 6) is 0.953. The number of para-hydroxylation sites is 2. The van der Waals surface area contributed by atoms with Crippen LogP contribution in [0.5, 0.6) is 0 Å². The third-order valence-corrected chi connectivity index (χ3v) is 5.12. The number of carbonyl (C=O) groups excluding carboxylic acids is 1. The molecule has 0 fully saturated rings. The predicted octanol–water partition coefficient (Wildman–Crippen LogP) is 5.76. The number of imidazole rings is 1. The van der Waals surface area contributed by atoms with E-state index in [1.165, 1.54) is 57.8 Å². The number of nitrogens with one attached hydrogen (secondary N) is 1. The second-order valence-electron chi connectivity index (χ2n) is 7.30. The minimum atomic E-state index is -0.0666. The van der Waals surface area contributed by atoms with E-state index in [9.17, 15) is 4.79 Å². The third kappa shape index (κ3) is 6.15. The van der Waals surface area contributed by atoms with E-state index in [0.29, 0.717) is 0 Å². The van der Waals surface area contributed by atoms with Crippen LogP contribution in [0.4, 0.5) is 0 Å². The van der Waals surface area contributed by atoms with Crippen LogP contribution in [-0.2, 0) is 11.3 Å². The highest BCUT2D eigenvalue weighted by Crippen LogP contribution is 2.21. The van der Waals surface area contributed by atoms with Crippen molar-refractivity contribution in [3.63, 3.8) is 0 Å². The van der Waals surface area contributed by atoms with E-state index < -0.39 is 0 Å². The van der Waals surface area contributed by atoms with Gasteiger partial charge in [-0.3, -0.25) is 4.79 Å². The lowest BCUT2D eigenvalue weighted by Crippen LogP contribution is -2.20. The monoisotopic (exact) mass is 357 g/mol. The molecule has 1 N–H and O–H groups in total. The number of nitrogens with zero attached hydrogens (tertiary/aromatic N) is 2. The van der Waals surface area contributed by atoms with Crippen molar-refractivity contribution in [1.82, 2.24) is 14.9 Å². The standard InChI is InChI=1S/C22H35N3O/c1-3-4-5-6-7-8-9-10-11-14-17-25-21-16-13-12-15-20(21)24-22(25)19(2)23-18-26/h12-13,15-16,18-19H,3-11,14,17H2,1-2H3,(H,23,26). The SMILES string of the molecule is CCCCCCCCCCCCn1c(C(C)NC=O)nc2ccccc21. The van der Waals surface area contributed by atoms with Gasteiger partial charge < -0.3 is 9.88 Å². The van der Waals surface area contributed by atoms with Crippen molar-refractivity contribution < 1.29 is 4.79 Å². The van der Waals surface area contributed by atoms with Crippen LogP contribution >= 0.6 is 0 Å². The minimum absolute atomic E-state index is 0.0666. The van der Waals surface area contributed by atoms with Gasteiger partial charge in [-0.25, -0.2) is 4.98 Å². The number of rotatable bonds is 14. The molecule has 0 saturated carbocycles. The molecule has 0 spiro atoms. The first-order valence-electron chi connectivity index (χ1n) is 10.4. The number of unbranched alkanes of at least 4 members (excludes halogenated alkanes) is 9. The molecule has 2 rings (SSSR count). The topological polar surface area (TPSA) is 46.9 Å². The molecular formula is C22H35N3O. The molecule has 1 amide bonds. The maximum absolute atomic E-state index is 10.8. The van der Waals surface area contributed by atoms with Crippen molar-refractivity contribution in [2.75, 3.05) is 0 Å². The van der Waals surface area contributed by atoms with Gasteiger partial charge >= 0.3 is 0 Å². The fourth-order valence-electron chi connectivity index (χ4n) is 3.59. The van der Waals surface area contributed by atoms with Gasteiger partial charge in [0.2, 0.25) is 6.41 Å². The summed E-state index contributed by atoms with van der Waals surface area (Å²) in [7, 11) is 0. The lowest BCUT2D eigenvalue weighted by molar-refractivity contribution is -0.110. The van der Waals surface area contributed by atoms with Crippen LogP contribution in [0.3, 0.4) is 0 Å². The maximum atomic E-state index is 10.8. The first kappa shape index (κ1) is 20.5. The van der Waals surface area contributed by atoms with E-state index in [-0.39, 0.29) is 6.04 Å². The van der Waals surface area contributed by atoms with Crippen LogP contribution in [-0.4, -0.2) is 16.0 Å². The summed E-state index contributed by atoms with van der Waals surface area (Å²) in [5, 5.41) is 2.84. The molecule has 144 valence electrons. The molecule has 4 heteroatoms. The van der Waals surface area contributed by atoms with Gasteiger partial charge in [0.05, 0.1) is 17.1 Å². The molecule has 26 heavy (non-hydrogen) atoms. The quantitative estimate of drug-likeness (QED) is 0.345. The van der Waals surface area contributed by atoms with Crippen molar-refractivity contribution in [3.05, 3.63) is 30.1 Å². The summed E-state index contributed by atoms with van der Waals surface area (Å²) in [4.78, 5) is 15.5. The number of hydrogen-bond acceptors (Lipinski definition) is 2. The number of aromatic nitrogens is 2. The number of amides is 1. The summed E-state index contributed by atoms with van der Waals surface area (Å²) in [6.45, 7) is 5.23. The van der Waals surface area contributed by atoms with Gasteiger partial charge in [-0.05, 0) is 25.5 Å². The Kier molecular flexibility index (Phi) is 9.22. The molecule has 4 nitrogen and oxygen atoms in total. The van der Waals surface area contributed by atoms with Gasteiger partial charge in [-0.1, -0.05) is 76.8 Å². The van der Waals surface area contributed by atoms with Crippen molar-refractivity contribution in [1.29, 1.82) is 0 Å². The van der Waals surface area contributed by atoms with E-state index in [2.05, 4.69) is 28.9 Å². The van der Waals surface area contributed by atoms with Crippen LogP contribution in [0.2, 0.25) is 0 Å². The molecule has 0 saturated heterocycles. The predicted molar refractivity (Wildman–Crippen MR) is 109 cm³/mol. The van der Waals surface area contributed by atoms with Gasteiger partial charge in [0.25, 0.3) is 0 Å². The van der Waals surface area contributed by atoms with Crippen molar-refractivity contribution >= 4 is 17.4 Å². The van der Waals surface area contributed by atoms with Crippen LogP contribution in [0, 0.1) is 0 Å². The summed E-state index contributed by atoms with van der Waals surface area (Å²) in [6, 6.07) is 8.17. The second kappa shape index (κ2) is 11.7. The van der Waals surface area contributed by atoms with Crippen LogP contribution < -0.4 is 5.32 Å². The molecule has 1 atom stereocenters. The Hall–Kier alpha value is -1.84. The third-order valence-electron chi connectivity index (χ3n) is 5.12. The van der Waals surface area contributed by atoms with E-state index in [0.717, 1.165) is 36.2 Å². The van der Waals surface area contributed by atoms with Gasteiger partial charge in [-0.2, -0.15) is 0 Å². The van der Waals surface area contributed by atoms with Crippen LogP contribution in [0.1, 0.15) is 89.9 Å². The zero-order valence-electron chi connectivity index (χ0n) is 16.5. The van der Waals surface area contributed by atoms with Gasteiger partial charge in [0.1, 0.15) is 5.82 Å². The average Bonchev–Trinajstić information content (AvgIpc) is 3.02. The minimum Gasteiger partial charge on any atom is -0.349 e. The first-order valence-corrected chi connectivity index (χ1v) is 10.4. The zero-order valence-corrected chi connectivity index (χ0v) is 16.5. The number of carbonyl (C=O) groups is 1. The van der Waals surface area contributed by atoms with Crippen LogP contribution in [0.25, 0.3) is 11.0 Å². The highest BCUT2D eigenvalue weighted by atomic mass is 16.1. The molecule has 1 unspecified atom stereocenters. The van der Waals surface area contributed by atoms with Crippen LogP contribution in [0.15, 0.2) is 24.3 Å². The number of fused-ring (bicyclic) bond motifs is 1. The Morgan fingerprint density at radius 2 is 1.62 bits per heavy atom. The first-order chi connectivity index (χ1) is 12.8. The van der Waals surface area contributed by atoms with Gasteiger partial charge in [-0.15, -0.1) is 0 Å². The maximum Gasteiger partial charge on any atom is 0.207 e. The Labute approximate surface area is 158 Å². The summed E-state index contributed by atoms with van der Waals surface area (Å²) >= 11 is 0. The lowest BCUT2D eigenvalue weighted by atomic mass is 10.1. The molecule has 0 aliphatic carbocycles. The van der Waals surface area contributed by atoms with Gasteiger partial charge in [0, 0.05) is 6.54 Å². The molecule has 0 aliphatic heterocycles. The Balaban J connectivity index is 1.78. The normalized spacial score (nSPS) is 12.4. The lowest BCUT2D eigenvalue weighted by Gasteiger charge is -2.14. The zero-order chi connectivity index (χ0) is 18.6. The Bertz CT molecular complexity index is 650. The Morgan fingerprint density at radius 3 is 2.27 bits per heavy atom. The summed E-state index contributed by atoms with van der Waals surface area (Å²) in [5.41, 5.74) is 2.17. The van der Waals surface area contributed by atoms with Crippen molar-refractivity contribution in [2.24, 2.45) is 0 Å². The number of aryl methyl sites for hydroxylation is 1. The molecule has 1 aromatic carbocycles. The largest absolute Gasteiger partial charge is 0.349 e. The average molecular weight is 358 g/mol. The summed E-state index contributed by atoms with van der Waals surface area (Å²) < 4.78 is 2.28. The highest BCUT2D eigenvalue weighted by Gasteiger charge is 2.15. The molecular weight excluding hydrogens is 322 g/mol. The van der Waals surface area contributed by atoms with E-state index in [1.54, 1.807) is 0 Å². The molecule has 0 bridgehead atoms. The second-order valence-corrected chi connectivity index (χ2v) is 7.30. The van der Waals surface area contributed by atoms with Gasteiger partial charge in [0.15, 0.2) is 0 Å². The smallest absolute Gasteiger partial charge is 0.207 e. The Morgan fingerprint density at radius 1 is 1.00 bits per heavy atom. The summed E-state index contributed by atoms with van der Waals surface area (Å²) in [6.07, 6.45) is 14.1. The van der Waals surface area contributed by atoms with Crippen molar-refractivity contribution in [2.45, 2.75) is 90.6 Å². The molecule has 0 radical (unpaired) electrons. The number of benzene rings is 1. The van der Waals surface area contributed by atoms with E-state index >= 15 is 0 Å². The highest BCUT2D eigenvalue weighted by molar-refractivity contribution is 5.76. The fourth-order valence-corrected chi connectivity index (χ4v) is 3.59. The fraction of sp³-hybridized carbons (Fsp3) is 0.636. The molecule has 2 aromatic rings. The molecule has 1 heterocycles. The molecule has 1 aromatic heterocycles.